The Balaban J connectivity index is 2.41. The lowest BCUT2D eigenvalue weighted by molar-refractivity contribution is -0.123. The second-order valence-electron chi connectivity index (χ2n) is 6.21. The Bertz CT molecular complexity index is 260. The predicted octanol–water partition coefficient (Wildman–Crippen LogP) is 0.960. The molecule has 3 N–H and O–H groups in total. The molecule has 0 aromatic rings. The second-order valence-corrected chi connectivity index (χ2v) is 6.21. The van der Waals surface area contributed by atoms with Crippen LogP contribution in [0.4, 0.5) is 0 Å². The van der Waals surface area contributed by atoms with Gasteiger partial charge in [-0.3, -0.25) is 9.69 Å². The molecular weight excluding hydrogens is 214 g/mol. The Morgan fingerprint density at radius 3 is 2.71 bits per heavy atom. The zero-order chi connectivity index (χ0) is 13.1. The molecule has 17 heavy (non-hydrogen) atoms. The van der Waals surface area contributed by atoms with E-state index in [9.17, 15) is 4.79 Å². The van der Waals surface area contributed by atoms with Crippen molar-refractivity contribution in [1.82, 2.24) is 10.2 Å². The number of hydrogen-bond donors (Lipinski definition) is 2. The molecule has 4 heteroatoms. The zero-order valence-electron chi connectivity index (χ0n) is 11.6. The van der Waals surface area contributed by atoms with Gasteiger partial charge in [0.25, 0.3) is 0 Å². The number of piperidine rings is 1. The van der Waals surface area contributed by atoms with Gasteiger partial charge in [-0.15, -0.1) is 0 Å². The molecule has 2 unspecified atom stereocenters. The lowest BCUT2D eigenvalue weighted by Gasteiger charge is -2.36. The second kappa shape index (κ2) is 5.83. The predicted molar refractivity (Wildman–Crippen MR) is 70.7 cm³/mol. The van der Waals surface area contributed by atoms with E-state index in [1.54, 1.807) is 0 Å². The number of hydrogen-bond acceptors (Lipinski definition) is 3. The maximum Gasteiger partial charge on any atom is 0.234 e. The Hall–Kier alpha value is -0.610. The van der Waals surface area contributed by atoms with Crippen LogP contribution in [0, 0.1) is 5.92 Å². The molecule has 1 rings (SSSR count). The molecule has 1 saturated heterocycles. The van der Waals surface area contributed by atoms with E-state index in [-0.39, 0.29) is 17.5 Å². The van der Waals surface area contributed by atoms with Crippen molar-refractivity contribution < 1.29 is 4.79 Å². The van der Waals surface area contributed by atoms with Gasteiger partial charge in [-0.05, 0) is 59.5 Å². The van der Waals surface area contributed by atoms with Crippen molar-refractivity contribution in [3.8, 4) is 0 Å². The Kier molecular flexibility index (Phi) is 4.95. The average Bonchev–Trinajstić information content (AvgIpc) is 2.24. The van der Waals surface area contributed by atoms with Crippen LogP contribution >= 0.6 is 0 Å². The van der Waals surface area contributed by atoms with Gasteiger partial charge in [0.1, 0.15) is 0 Å². The summed E-state index contributed by atoms with van der Waals surface area (Å²) < 4.78 is 0. The van der Waals surface area contributed by atoms with Gasteiger partial charge in [0.05, 0.1) is 6.04 Å². The van der Waals surface area contributed by atoms with E-state index >= 15 is 0 Å². The van der Waals surface area contributed by atoms with Gasteiger partial charge in [0.2, 0.25) is 5.91 Å². The van der Waals surface area contributed by atoms with Crippen LogP contribution in [-0.2, 0) is 4.79 Å². The van der Waals surface area contributed by atoms with Crippen molar-refractivity contribution in [2.75, 3.05) is 19.6 Å². The number of primary amides is 1. The van der Waals surface area contributed by atoms with E-state index in [1.807, 2.05) is 6.92 Å². The number of likely N-dealkylation sites (tertiary alicyclic amines) is 1. The number of carbonyl (C=O) groups excluding carboxylic acids is 1. The van der Waals surface area contributed by atoms with Crippen molar-refractivity contribution in [1.29, 1.82) is 0 Å². The lowest BCUT2D eigenvalue weighted by Crippen LogP contribution is -2.50. The molecule has 1 aliphatic heterocycles. The van der Waals surface area contributed by atoms with E-state index < -0.39 is 0 Å². The highest BCUT2D eigenvalue weighted by Crippen LogP contribution is 2.18. The highest BCUT2D eigenvalue weighted by Gasteiger charge is 2.26. The molecule has 4 nitrogen and oxygen atoms in total. The third-order valence-electron chi connectivity index (χ3n) is 3.43. The minimum absolute atomic E-state index is 0.132. The summed E-state index contributed by atoms with van der Waals surface area (Å²) in [7, 11) is 0. The maximum atomic E-state index is 11.2. The first kappa shape index (κ1) is 14.5. The summed E-state index contributed by atoms with van der Waals surface area (Å²) in [6, 6.07) is -0.132. The van der Waals surface area contributed by atoms with Crippen molar-refractivity contribution in [3.63, 3.8) is 0 Å². The number of nitrogens with one attached hydrogen (secondary N) is 1. The Labute approximate surface area is 105 Å². The number of amides is 1. The topological polar surface area (TPSA) is 58.4 Å². The van der Waals surface area contributed by atoms with Crippen molar-refractivity contribution in [3.05, 3.63) is 0 Å². The van der Waals surface area contributed by atoms with Crippen molar-refractivity contribution in [2.45, 2.75) is 52.1 Å². The number of nitrogens with zero attached hydrogens (tertiary/aromatic N) is 1. The molecule has 0 bridgehead atoms. The summed E-state index contributed by atoms with van der Waals surface area (Å²) >= 11 is 0. The summed E-state index contributed by atoms with van der Waals surface area (Å²) in [5.74, 6) is 0.416. The minimum atomic E-state index is -0.213. The van der Waals surface area contributed by atoms with E-state index in [4.69, 9.17) is 5.73 Å². The smallest absolute Gasteiger partial charge is 0.234 e. The molecule has 0 radical (unpaired) electrons. The van der Waals surface area contributed by atoms with Crippen LogP contribution in [0.1, 0.15) is 40.5 Å². The molecule has 1 heterocycles. The van der Waals surface area contributed by atoms with Crippen LogP contribution in [0.3, 0.4) is 0 Å². The number of carbonyl (C=O) groups is 1. The summed E-state index contributed by atoms with van der Waals surface area (Å²) in [6.07, 6.45) is 2.40. The molecule has 0 spiro atoms. The van der Waals surface area contributed by atoms with Gasteiger partial charge >= 0.3 is 0 Å². The molecule has 1 aliphatic rings. The van der Waals surface area contributed by atoms with Crippen LogP contribution in [-0.4, -0.2) is 42.0 Å². The Morgan fingerprint density at radius 1 is 1.53 bits per heavy atom. The van der Waals surface area contributed by atoms with Gasteiger partial charge in [-0.2, -0.15) is 0 Å². The first-order valence-corrected chi connectivity index (χ1v) is 6.58. The molecule has 0 aromatic carbocycles. The normalized spacial score (nSPS) is 24.6. The fourth-order valence-corrected chi connectivity index (χ4v) is 2.25. The van der Waals surface area contributed by atoms with Gasteiger partial charge in [0.15, 0.2) is 0 Å². The number of rotatable bonds is 4. The van der Waals surface area contributed by atoms with E-state index in [0.29, 0.717) is 5.92 Å². The molecule has 0 saturated carbocycles. The van der Waals surface area contributed by atoms with Crippen LogP contribution in [0.5, 0.6) is 0 Å². The third kappa shape index (κ3) is 5.04. The fourth-order valence-electron chi connectivity index (χ4n) is 2.25. The maximum absolute atomic E-state index is 11.2. The molecule has 0 aromatic heterocycles. The minimum Gasteiger partial charge on any atom is -0.368 e. The monoisotopic (exact) mass is 241 g/mol. The first-order chi connectivity index (χ1) is 7.79. The molecule has 0 aliphatic carbocycles. The SMILES string of the molecule is CC(C(N)=O)N1CCCC(CNC(C)(C)C)C1. The molecule has 1 amide bonds. The highest BCUT2D eigenvalue weighted by molar-refractivity contribution is 5.79. The van der Waals surface area contributed by atoms with E-state index in [1.165, 1.54) is 6.42 Å². The Morgan fingerprint density at radius 2 is 2.18 bits per heavy atom. The third-order valence-corrected chi connectivity index (χ3v) is 3.43. The van der Waals surface area contributed by atoms with Gasteiger partial charge in [0, 0.05) is 12.1 Å². The van der Waals surface area contributed by atoms with Crippen LogP contribution < -0.4 is 11.1 Å². The molecule has 100 valence electrons. The fraction of sp³-hybridized carbons (Fsp3) is 0.923. The summed E-state index contributed by atoms with van der Waals surface area (Å²) in [6.45, 7) is 11.4. The van der Waals surface area contributed by atoms with Gasteiger partial charge in [-0.1, -0.05) is 0 Å². The van der Waals surface area contributed by atoms with Crippen LogP contribution in [0.15, 0.2) is 0 Å². The van der Waals surface area contributed by atoms with E-state index in [2.05, 4.69) is 31.0 Å². The van der Waals surface area contributed by atoms with Crippen molar-refractivity contribution in [2.24, 2.45) is 11.7 Å². The first-order valence-electron chi connectivity index (χ1n) is 6.58. The standard InChI is InChI=1S/C13H27N3O/c1-10(12(14)17)16-7-5-6-11(9-16)8-15-13(2,3)4/h10-11,15H,5-9H2,1-4H3,(H2,14,17). The van der Waals surface area contributed by atoms with E-state index in [0.717, 1.165) is 26.1 Å². The summed E-state index contributed by atoms with van der Waals surface area (Å²) in [5.41, 5.74) is 5.52. The van der Waals surface area contributed by atoms with Crippen LogP contribution in [0.25, 0.3) is 0 Å². The quantitative estimate of drug-likeness (QED) is 0.771. The average molecular weight is 241 g/mol. The zero-order valence-corrected chi connectivity index (χ0v) is 11.6. The summed E-state index contributed by atoms with van der Waals surface area (Å²) in [5, 5.41) is 3.54. The summed E-state index contributed by atoms with van der Waals surface area (Å²) in [4.78, 5) is 13.4. The largest absolute Gasteiger partial charge is 0.368 e. The molecule has 2 atom stereocenters. The molecule has 1 fully saturated rings. The number of nitrogens with two attached hydrogens (primary N) is 1. The highest BCUT2D eigenvalue weighted by atomic mass is 16.1. The lowest BCUT2D eigenvalue weighted by atomic mass is 9.95. The molecular formula is C13H27N3O. The van der Waals surface area contributed by atoms with Crippen molar-refractivity contribution >= 4 is 5.91 Å². The van der Waals surface area contributed by atoms with Crippen LogP contribution in [0.2, 0.25) is 0 Å². The van der Waals surface area contributed by atoms with Gasteiger partial charge < -0.3 is 11.1 Å². The van der Waals surface area contributed by atoms with Gasteiger partial charge in [-0.25, -0.2) is 0 Å².